The summed E-state index contributed by atoms with van der Waals surface area (Å²) in [6.45, 7) is 4.00. The van der Waals surface area contributed by atoms with E-state index in [9.17, 15) is 0 Å². The fraction of sp³-hybridized carbons (Fsp3) is 0.125. The summed E-state index contributed by atoms with van der Waals surface area (Å²) in [6, 6.07) is 31.1. The monoisotopic (exact) mass is 340 g/mol. The molecule has 1 N–H and O–H groups in total. The summed E-state index contributed by atoms with van der Waals surface area (Å²) in [5.41, 5.74) is 5.56. The van der Waals surface area contributed by atoms with Gasteiger partial charge in [-0.3, -0.25) is 4.99 Å². The Labute approximate surface area is 155 Å². The van der Waals surface area contributed by atoms with Gasteiger partial charge in [-0.25, -0.2) is 0 Å². The molecule has 0 aliphatic carbocycles. The predicted octanol–water partition coefficient (Wildman–Crippen LogP) is 5.85. The van der Waals surface area contributed by atoms with Crippen LogP contribution in [0.2, 0.25) is 0 Å². The molecule has 2 nitrogen and oxygen atoms in total. The van der Waals surface area contributed by atoms with Crippen LogP contribution in [0.5, 0.6) is 0 Å². The Morgan fingerprint density at radius 1 is 0.654 bits per heavy atom. The molecule has 0 fully saturated rings. The van der Waals surface area contributed by atoms with Crippen molar-refractivity contribution in [2.75, 3.05) is 0 Å². The van der Waals surface area contributed by atoms with Crippen molar-refractivity contribution < 1.29 is 0 Å². The van der Waals surface area contributed by atoms with Gasteiger partial charge in [0.05, 0.1) is 5.71 Å². The third kappa shape index (κ3) is 4.09. The highest BCUT2D eigenvalue weighted by Crippen LogP contribution is 2.26. The highest BCUT2D eigenvalue weighted by Gasteiger charge is 2.18. The summed E-state index contributed by atoms with van der Waals surface area (Å²) in [5, 5.41) is 3.56. The normalized spacial score (nSPS) is 15.7. The first-order valence-corrected chi connectivity index (χ1v) is 9.12. The maximum Gasteiger partial charge on any atom is 0.145 e. The number of aliphatic imine (C=N–C) groups is 1. The molecule has 0 bridgehead atoms. The molecule has 0 amide bonds. The maximum absolute atomic E-state index is 4.93. The molecule has 1 unspecified atom stereocenters. The molecule has 130 valence electrons. The molecule has 2 heteroatoms. The number of allylic oxidation sites excluding steroid dienone is 1. The van der Waals surface area contributed by atoms with Crippen molar-refractivity contribution in [3.63, 3.8) is 0 Å². The van der Waals surface area contributed by atoms with Crippen LogP contribution in [0.15, 0.2) is 102 Å². The first kappa shape index (κ1) is 17.7. The molecule has 1 aliphatic heterocycles. The zero-order chi connectivity index (χ0) is 18.2. The van der Waals surface area contributed by atoms with E-state index in [1.54, 1.807) is 0 Å². The van der Waals surface area contributed by atoms with E-state index in [-0.39, 0.29) is 6.17 Å². The third-order valence-corrected chi connectivity index (χ3v) is 4.11. The Morgan fingerprint density at radius 3 is 1.73 bits per heavy atom. The standard InChI is InChI=1S/C22H18N2.C2H6/c1-4-10-17(11-5-1)20-16-21(18-12-6-2-7-13-18)24-22(23-20)19-14-8-3-9-15-19;1-2/h1-16,22-23H;1-2H3. The zero-order valence-electron chi connectivity index (χ0n) is 15.3. The molecule has 0 saturated carbocycles. The van der Waals surface area contributed by atoms with Gasteiger partial charge in [-0.1, -0.05) is 105 Å². The van der Waals surface area contributed by atoms with Crippen molar-refractivity contribution >= 4 is 11.4 Å². The minimum atomic E-state index is -0.0818. The molecule has 0 spiro atoms. The summed E-state index contributed by atoms with van der Waals surface area (Å²) >= 11 is 0. The SMILES string of the molecule is C1=C(c2ccccc2)NC(c2ccccc2)N=C1c1ccccc1.CC. The molecular formula is C24H24N2. The van der Waals surface area contributed by atoms with Crippen molar-refractivity contribution in [3.8, 4) is 0 Å². The second kappa shape index (κ2) is 8.82. The summed E-state index contributed by atoms with van der Waals surface area (Å²) in [5.74, 6) is 0. The lowest BCUT2D eigenvalue weighted by molar-refractivity contribution is 0.664. The molecule has 1 heterocycles. The van der Waals surface area contributed by atoms with Gasteiger partial charge in [-0.05, 0) is 22.8 Å². The largest absolute Gasteiger partial charge is 0.360 e. The van der Waals surface area contributed by atoms with Crippen LogP contribution in [0.1, 0.15) is 36.7 Å². The minimum Gasteiger partial charge on any atom is -0.360 e. The second-order valence-electron chi connectivity index (χ2n) is 5.76. The van der Waals surface area contributed by atoms with Gasteiger partial charge in [0.15, 0.2) is 0 Å². The van der Waals surface area contributed by atoms with Crippen molar-refractivity contribution in [1.29, 1.82) is 0 Å². The minimum absolute atomic E-state index is 0.0818. The van der Waals surface area contributed by atoms with Gasteiger partial charge < -0.3 is 5.32 Å². The fourth-order valence-electron chi connectivity index (χ4n) is 2.88. The van der Waals surface area contributed by atoms with Gasteiger partial charge in [0, 0.05) is 5.70 Å². The van der Waals surface area contributed by atoms with Crippen LogP contribution < -0.4 is 5.32 Å². The summed E-state index contributed by atoms with van der Waals surface area (Å²) in [7, 11) is 0. The molecule has 3 aromatic carbocycles. The van der Waals surface area contributed by atoms with E-state index in [0.717, 1.165) is 22.5 Å². The summed E-state index contributed by atoms with van der Waals surface area (Å²) in [6.07, 6.45) is 2.05. The van der Waals surface area contributed by atoms with Gasteiger partial charge in [-0.2, -0.15) is 0 Å². The van der Waals surface area contributed by atoms with E-state index in [1.807, 2.05) is 44.2 Å². The Hall–Kier alpha value is -3.13. The molecule has 1 aliphatic rings. The number of hydrogen-bond donors (Lipinski definition) is 1. The van der Waals surface area contributed by atoms with Gasteiger partial charge >= 0.3 is 0 Å². The fourth-order valence-corrected chi connectivity index (χ4v) is 2.88. The van der Waals surface area contributed by atoms with Crippen molar-refractivity contribution in [2.24, 2.45) is 4.99 Å². The number of rotatable bonds is 3. The molecule has 0 radical (unpaired) electrons. The third-order valence-electron chi connectivity index (χ3n) is 4.11. The van der Waals surface area contributed by atoms with Crippen LogP contribution >= 0.6 is 0 Å². The van der Waals surface area contributed by atoms with Crippen molar-refractivity contribution in [1.82, 2.24) is 5.32 Å². The van der Waals surface area contributed by atoms with Crippen molar-refractivity contribution in [2.45, 2.75) is 20.0 Å². The van der Waals surface area contributed by atoms with Crippen LogP contribution in [-0.4, -0.2) is 5.71 Å². The molecule has 3 aromatic rings. The molecule has 26 heavy (non-hydrogen) atoms. The predicted molar refractivity (Wildman–Crippen MR) is 111 cm³/mol. The lowest BCUT2D eigenvalue weighted by atomic mass is 10.0. The van der Waals surface area contributed by atoms with E-state index < -0.39 is 0 Å². The van der Waals surface area contributed by atoms with Crippen LogP contribution in [0, 0.1) is 0 Å². The molecule has 1 atom stereocenters. The number of benzene rings is 3. The van der Waals surface area contributed by atoms with Crippen LogP contribution in [0.4, 0.5) is 0 Å². The Kier molecular flexibility index (Phi) is 6.00. The van der Waals surface area contributed by atoms with E-state index in [4.69, 9.17) is 4.99 Å². The quantitative estimate of drug-likeness (QED) is 0.636. The van der Waals surface area contributed by atoms with E-state index in [0.29, 0.717) is 0 Å². The van der Waals surface area contributed by atoms with Gasteiger partial charge in [0.25, 0.3) is 0 Å². The van der Waals surface area contributed by atoms with Crippen LogP contribution in [0.3, 0.4) is 0 Å². The second-order valence-corrected chi connectivity index (χ2v) is 5.76. The van der Waals surface area contributed by atoms with Gasteiger partial charge in [0.1, 0.15) is 6.17 Å². The molecule has 0 saturated heterocycles. The number of nitrogens with one attached hydrogen (secondary N) is 1. The number of nitrogens with zero attached hydrogens (tertiary/aromatic N) is 1. The average Bonchev–Trinajstić information content (AvgIpc) is 2.77. The van der Waals surface area contributed by atoms with Gasteiger partial charge in [-0.15, -0.1) is 0 Å². The van der Waals surface area contributed by atoms with Crippen LogP contribution in [-0.2, 0) is 0 Å². The first-order chi connectivity index (χ1) is 12.9. The Balaban J connectivity index is 0.000000948. The van der Waals surface area contributed by atoms with Crippen LogP contribution in [0.25, 0.3) is 5.70 Å². The molecular weight excluding hydrogens is 316 g/mol. The first-order valence-electron chi connectivity index (χ1n) is 9.12. The molecule has 4 rings (SSSR count). The molecule has 0 aromatic heterocycles. The van der Waals surface area contributed by atoms with Crippen molar-refractivity contribution in [3.05, 3.63) is 114 Å². The lowest BCUT2D eigenvalue weighted by Crippen LogP contribution is -2.24. The number of hydrogen-bond acceptors (Lipinski definition) is 2. The van der Waals surface area contributed by atoms with E-state index in [1.165, 1.54) is 5.56 Å². The Morgan fingerprint density at radius 2 is 1.15 bits per heavy atom. The van der Waals surface area contributed by atoms with E-state index in [2.05, 4.69) is 72.1 Å². The highest BCUT2D eigenvalue weighted by molar-refractivity contribution is 6.13. The Bertz CT molecular complexity index is 866. The smallest absolute Gasteiger partial charge is 0.145 e. The lowest BCUT2D eigenvalue weighted by Gasteiger charge is -2.24. The summed E-state index contributed by atoms with van der Waals surface area (Å²) < 4.78 is 0. The maximum atomic E-state index is 4.93. The highest BCUT2D eigenvalue weighted by atomic mass is 15.1. The van der Waals surface area contributed by atoms with E-state index >= 15 is 0 Å². The topological polar surface area (TPSA) is 24.4 Å². The summed E-state index contributed by atoms with van der Waals surface area (Å²) in [4.78, 5) is 4.93. The zero-order valence-corrected chi connectivity index (χ0v) is 15.3. The average molecular weight is 340 g/mol. The van der Waals surface area contributed by atoms with Gasteiger partial charge in [0.2, 0.25) is 0 Å².